The van der Waals surface area contributed by atoms with Crippen LogP contribution in [0.2, 0.25) is 0 Å². The molecule has 3 aromatic rings. The third-order valence-corrected chi connectivity index (χ3v) is 3.09. The van der Waals surface area contributed by atoms with Crippen LogP contribution in [0.3, 0.4) is 0 Å². The third-order valence-electron chi connectivity index (χ3n) is 3.09. The highest BCUT2D eigenvalue weighted by Crippen LogP contribution is 2.18. The highest BCUT2D eigenvalue weighted by atomic mass is 16.4. The van der Waals surface area contributed by atoms with E-state index in [2.05, 4.69) is 20.5 Å². The van der Waals surface area contributed by atoms with Crippen LogP contribution in [0.4, 0.5) is 0 Å². The molecule has 2 aromatic heterocycles. The maximum absolute atomic E-state index is 5.65. The van der Waals surface area contributed by atoms with E-state index in [1.165, 1.54) is 5.56 Å². The van der Waals surface area contributed by atoms with Crippen LogP contribution in [0.15, 0.2) is 53.2 Å². The Morgan fingerprint density at radius 1 is 1.05 bits per heavy atom. The summed E-state index contributed by atoms with van der Waals surface area (Å²) in [6.45, 7) is 3.30. The van der Waals surface area contributed by atoms with E-state index in [0.29, 0.717) is 18.3 Å². The van der Waals surface area contributed by atoms with E-state index in [4.69, 9.17) is 4.42 Å². The number of rotatable bonds is 5. The molecule has 0 fully saturated rings. The normalized spacial score (nSPS) is 10.7. The topological polar surface area (TPSA) is 63.8 Å². The summed E-state index contributed by atoms with van der Waals surface area (Å²) in [4.78, 5) is 4.07. The molecule has 0 amide bonds. The third kappa shape index (κ3) is 3.52. The Bertz CT molecular complexity index is 692. The Balaban J connectivity index is 1.59. The van der Waals surface area contributed by atoms with Gasteiger partial charge in [-0.1, -0.05) is 23.8 Å². The first-order valence-electron chi connectivity index (χ1n) is 6.80. The summed E-state index contributed by atoms with van der Waals surface area (Å²) in [5.41, 5.74) is 3.26. The summed E-state index contributed by atoms with van der Waals surface area (Å²) < 4.78 is 5.65. The Kier molecular flexibility index (Phi) is 4.02. The summed E-state index contributed by atoms with van der Waals surface area (Å²) in [7, 11) is 0. The molecule has 1 N–H and O–H groups in total. The lowest BCUT2D eigenvalue weighted by Gasteiger charge is -2.00. The number of hydrogen-bond acceptors (Lipinski definition) is 5. The van der Waals surface area contributed by atoms with Gasteiger partial charge in [0.1, 0.15) is 0 Å². The fourth-order valence-corrected chi connectivity index (χ4v) is 1.95. The molecule has 5 heteroatoms. The van der Waals surface area contributed by atoms with Crippen molar-refractivity contribution >= 4 is 0 Å². The van der Waals surface area contributed by atoms with Crippen molar-refractivity contribution < 1.29 is 4.42 Å². The molecule has 0 aliphatic rings. The molecule has 0 spiro atoms. The number of aryl methyl sites for hydroxylation is 1. The standard InChI is InChI=1S/C16H16N4O/c1-12-4-6-14(7-5-12)16-20-19-15(21-16)11-18-10-13-3-2-8-17-9-13/h2-9,18H,10-11H2,1H3. The molecule has 0 radical (unpaired) electrons. The van der Waals surface area contributed by atoms with E-state index in [-0.39, 0.29) is 0 Å². The Morgan fingerprint density at radius 3 is 2.67 bits per heavy atom. The zero-order valence-electron chi connectivity index (χ0n) is 11.8. The van der Waals surface area contributed by atoms with Gasteiger partial charge >= 0.3 is 0 Å². The van der Waals surface area contributed by atoms with Crippen molar-refractivity contribution in [1.29, 1.82) is 0 Å². The van der Waals surface area contributed by atoms with Crippen molar-refractivity contribution in [2.24, 2.45) is 0 Å². The van der Waals surface area contributed by atoms with Gasteiger partial charge in [-0.25, -0.2) is 0 Å². The zero-order chi connectivity index (χ0) is 14.5. The van der Waals surface area contributed by atoms with Gasteiger partial charge in [0.05, 0.1) is 6.54 Å². The van der Waals surface area contributed by atoms with Crippen molar-refractivity contribution in [3.63, 3.8) is 0 Å². The second-order valence-electron chi connectivity index (χ2n) is 4.83. The Hall–Kier alpha value is -2.53. The van der Waals surface area contributed by atoms with Gasteiger partial charge in [0.2, 0.25) is 11.8 Å². The zero-order valence-corrected chi connectivity index (χ0v) is 11.8. The van der Waals surface area contributed by atoms with E-state index < -0.39 is 0 Å². The van der Waals surface area contributed by atoms with Crippen molar-refractivity contribution in [2.45, 2.75) is 20.0 Å². The van der Waals surface area contributed by atoms with Crippen molar-refractivity contribution in [2.75, 3.05) is 0 Å². The van der Waals surface area contributed by atoms with Crippen molar-refractivity contribution in [3.8, 4) is 11.5 Å². The molecule has 0 aliphatic carbocycles. The molecule has 5 nitrogen and oxygen atoms in total. The quantitative estimate of drug-likeness (QED) is 0.778. The SMILES string of the molecule is Cc1ccc(-c2nnc(CNCc3cccnc3)o2)cc1. The summed E-state index contributed by atoms with van der Waals surface area (Å²) in [6, 6.07) is 12.0. The average Bonchev–Trinajstić information content (AvgIpc) is 2.98. The molecular weight excluding hydrogens is 264 g/mol. The first kappa shape index (κ1) is 13.5. The molecule has 0 aliphatic heterocycles. The van der Waals surface area contributed by atoms with Gasteiger partial charge in [-0.3, -0.25) is 4.98 Å². The van der Waals surface area contributed by atoms with E-state index in [1.807, 2.05) is 49.5 Å². The van der Waals surface area contributed by atoms with Gasteiger partial charge in [-0.15, -0.1) is 10.2 Å². The summed E-state index contributed by atoms with van der Waals surface area (Å²) in [5.74, 6) is 1.13. The smallest absolute Gasteiger partial charge is 0.247 e. The number of hydrogen-bond donors (Lipinski definition) is 1. The van der Waals surface area contributed by atoms with E-state index in [1.54, 1.807) is 6.20 Å². The second kappa shape index (κ2) is 6.28. The predicted octanol–water partition coefficient (Wildman–Crippen LogP) is 2.73. The molecule has 2 heterocycles. The molecule has 21 heavy (non-hydrogen) atoms. The van der Waals surface area contributed by atoms with Crippen LogP contribution in [0.1, 0.15) is 17.0 Å². The molecule has 106 valence electrons. The highest BCUT2D eigenvalue weighted by Gasteiger charge is 2.07. The molecule has 1 aromatic carbocycles. The lowest BCUT2D eigenvalue weighted by atomic mass is 10.1. The second-order valence-corrected chi connectivity index (χ2v) is 4.83. The first-order valence-corrected chi connectivity index (χ1v) is 6.80. The number of nitrogens with one attached hydrogen (secondary N) is 1. The monoisotopic (exact) mass is 280 g/mol. The fourth-order valence-electron chi connectivity index (χ4n) is 1.95. The molecule has 0 saturated carbocycles. The maximum atomic E-state index is 5.65. The van der Waals surface area contributed by atoms with Gasteiger partial charge < -0.3 is 9.73 Å². The molecule has 0 atom stereocenters. The molecule has 0 unspecified atom stereocenters. The van der Waals surface area contributed by atoms with Gasteiger partial charge in [-0.2, -0.15) is 0 Å². The van der Waals surface area contributed by atoms with Crippen LogP contribution in [0.5, 0.6) is 0 Å². The summed E-state index contributed by atoms with van der Waals surface area (Å²) >= 11 is 0. The Labute approximate surface area is 123 Å². The van der Waals surface area contributed by atoms with Crippen LogP contribution in [0.25, 0.3) is 11.5 Å². The van der Waals surface area contributed by atoms with Crippen molar-refractivity contribution in [1.82, 2.24) is 20.5 Å². The average molecular weight is 280 g/mol. The van der Waals surface area contributed by atoms with Crippen LogP contribution in [-0.4, -0.2) is 15.2 Å². The van der Waals surface area contributed by atoms with E-state index >= 15 is 0 Å². The molecule has 0 saturated heterocycles. The number of aromatic nitrogens is 3. The Morgan fingerprint density at radius 2 is 1.90 bits per heavy atom. The van der Waals surface area contributed by atoms with Gasteiger partial charge in [0.15, 0.2) is 0 Å². The van der Waals surface area contributed by atoms with E-state index in [0.717, 1.165) is 17.7 Å². The fraction of sp³-hybridized carbons (Fsp3) is 0.188. The van der Waals surface area contributed by atoms with Crippen LogP contribution >= 0.6 is 0 Å². The van der Waals surface area contributed by atoms with Crippen LogP contribution in [-0.2, 0) is 13.1 Å². The molecule has 0 bridgehead atoms. The molecular formula is C16H16N4O. The first-order chi connectivity index (χ1) is 10.3. The number of benzene rings is 1. The van der Waals surface area contributed by atoms with Crippen molar-refractivity contribution in [3.05, 3.63) is 65.8 Å². The minimum Gasteiger partial charge on any atom is -0.419 e. The number of pyridine rings is 1. The largest absolute Gasteiger partial charge is 0.419 e. The molecule has 3 rings (SSSR count). The van der Waals surface area contributed by atoms with Gasteiger partial charge in [-0.05, 0) is 30.7 Å². The highest BCUT2D eigenvalue weighted by molar-refractivity contribution is 5.52. The summed E-state index contributed by atoms with van der Waals surface area (Å²) in [6.07, 6.45) is 3.59. The maximum Gasteiger partial charge on any atom is 0.247 e. The van der Waals surface area contributed by atoms with Crippen LogP contribution in [0, 0.1) is 6.92 Å². The van der Waals surface area contributed by atoms with Gasteiger partial charge in [0.25, 0.3) is 0 Å². The number of nitrogens with zero attached hydrogens (tertiary/aromatic N) is 3. The van der Waals surface area contributed by atoms with Crippen LogP contribution < -0.4 is 5.32 Å². The van der Waals surface area contributed by atoms with E-state index in [9.17, 15) is 0 Å². The lowest BCUT2D eigenvalue weighted by molar-refractivity contribution is 0.477. The summed E-state index contributed by atoms with van der Waals surface area (Å²) in [5, 5.41) is 11.4. The minimum atomic E-state index is 0.535. The minimum absolute atomic E-state index is 0.535. The predicted molar refractivity (Wildman–Crippen MR) is 79.3 cm³/mol. The lowest BCUT2D eigenvalue weighted by Crippen LogP contribution is -2.12. The van der Waals surface area contributed by atoms with Gasteiger partial charge in [0, 0.05) is 24.5 Å².